The molecule has 3 rings (SSSR count). The zero-order valence-electron chi connectivity index (χ0n) is 16.4. The van der Waals surface area contributed by atoms with Crippen LogP contribution in [0.1, 0.15) is 56.9 Å². The number of anilines is 1. The van der Waals surface area contributed by atoms with Gasteiger partial charge in [0.1, 0.15) is 5.69 Å². The topological polar surface area (TPSA) is 102 Å². The summed E-state index contributed by atoms with van der Waals surface area (Å²) in [7, 11) is 0. The number of para-hydroxylation sites is 1. The van der Waals surface area contributed by atoms with Crippen LogP contribution in [0.25, 0.3) is 0 Å². The lowest BCUT2D eigenvalue weighted by molar-refractivity contribution is 0.0527. The van der Waals surface area contributed by atoms with Crippen LogP contribution in [0, 0.1) is 0 Å². The highest BCUT2D eigenvalue weighted by atomic mass is 16.5. The Bertz CT molecular complexity index is 948. The summed E-state index contributed by atoms with van der Waals surface area (Å²) >= 11 is 0. The molecule has 0 bridgehead atoms. The number of esters is 1. The molecule has 1 aliphatic heterocycles. The first-order valence-electron chi connectivity index (χ1n) is 9.62. The van der Waals surface area contributed by atoms with Crippen LogP contribution in [0.15, 0.2) is 36.9 Å². The maximum atomic E-state index is 13.0. The van der Waals surface area contributed by atoms with Gasteiger partial charge in [-0.3, -0.25) is 9.59 Å². The first-order valence-corrected chi connectivity index (χ1v) is 9.62. The van der Waals surface area contributed by atoms with E-state index >= 15 is 0 Å². The van der Waals surface area contributed by atoms with Gasteiger partial charge in [-0.1, -0.05) is 18.2 Å². The van der Waals surface area contributed by atoms with Crippen LogP contribution in [0.5, 0.6) is 0 Å². The fraction of sp³-hybridized carbons (Fsp3) is 0.333. The van der Waals surface area contributed by atoms with Gasteiger partial charge in [-0.2, -0.15) is 0 Å². The fourth-order valence-electron chi connectivity index (χ4n) is 3.30. The van der Waals surface area contributed by atoms with E-state index in [1.807, 2.05) is 0 Å². The number of hydrogen-bond acceptors (Lipinski definition) is 5. The zero-order valence-corrected chi connectivity index (χ0v) is 16.4. The van der Waals surface area contributed by atoms with Crippen molar-refractivity contribution >= 4 is 23.5 Å². The number of carbonyl (C=O) groups is 3. The maximum Gasteiger partial charge on any atom is 0.340 e. The summed E-state index contributed by atoms with van der Waals surface area (Å²) in [6.07, 6.45) is 4.09. The first kappa shape index (κ1) is 20.3. The van der Waals surface area contributed by atoms with E-state index in [-0.39, 0.29) is 29.6 Å². The predicted octanol–water partition coefficient (Wildman–Crippen LogP) is 2.56. The number of hydrogen-bond donors (Lipinski definition) is 2. The third-order valence-corrected chi connectivity index (χ3v) is 4.61. The van der Waals surface area contributed by atoms with E-state index in [4.69, 9.17) is 4.74 Å². The first-order chi connectivity index (χ1) is 14.1. The fourth-order valence-corrected chi connectivity index (χ4v) is 3.30. The average Bonchev–Trinajstić information content (AvgIpc) is 3.12. The van der Waals surface area contributed by atoms with E-state index in [2.05, 4.69) is 22.2 Å². The van der Waals surface area contributed by atoms with Gasteiger partial charge in [0.15, 0.2) is 5.82 Å². The van der Waals surface area contributed by atoms with E-state index in [1.54, 1.807) is 41.8 Å². The van der Waals surface area contributed by atoms with Crippen molar-refractivity contribution in [3.8, 4) is 0 Å². The Hall–Kier alpha value is -3.42. The van der Waals surface area contributed by atoms with Gasteiger partial charge in [-0.05, 0) is 38.3 Å². The Morgan fingerprint density at radius 3 is 2.79 bits per heavy atom. The minimum Gasteiger partial charge on any atom is -0.462 e. The number of amides is 2. The molecule has 152 valence electrons. The highest BCUT2D eigenvalue weighted by Gasteiger charge is 2.28. The standard InChI is InChI=1S/C21H24N4O4/c1-3-12-22-19(26)17-16-11-7-8-13-25(16)18(24-17)20(27)23-15-10-6-5-9-14(15)21(28)29-4-2/h3,5-6,9-10H,1,4,7-8,11-13H2,2H3,(H,22,26)(H,23,27). The highest BCUT2D eigenvalue weighted by Crippen LogP contribution is 2.23. The zero-order chi connectivity index (χ0) is 20.8. The normalized spacial score (nSPS) is 12.6. The summed E-state index contributed by atoms with van der Waals surface area (Å²) in [6.45, 7) is 6.47. The van der Waals surface area contributed by atoms with E-state index in [1.165, 1.54) is 0 Å². The van der Waals surface area contributed by atoms with Crippen molar-refractivity contribution in [2.24, 2.45) is 0 Å². The smallest absolute Gasteiger partial charge is 0.340 e. The minimum atomic E-state index is -0.516. The molecule has 1 aromatic heterocycles. The molecule has 1 aliphatic rings. The summed E-state index contributed by atoms with van der Waals surface area (Å²) in [5, 5.41) is 5.45. The molecule has 8 heteroatoms. The number of carbonyl (C=O) groups excluding carboxylic acids is 3. The molecule has 0 spiro atoms. The van der Waals surface area contributed by atoms with Gasteiger partial charge >= 0.3 is 5.97 Å². The summed E-state index contributed by atoms with van der Waals surface area (Å²) < 4.78 is 6.83. The van der Waals surface area contributed by atoms with Gasteiger partial charge in [0, 0.05) is 13.1 Å². The molecule has 1 aromatic carbocycles. The number of rotatable bonds is 7. The predicted molar refractivity (Wildman–Crippen MR) is 108 cm³/mol. The Morgan fingerprint density at radius 2 is 2.03 bits per heavy atom. The van der Waals surface area contributed by atoms with Crippen molar-refractivity contribution in [1.82, 2.24) is 14.9 Å². The van der Waals surface area contributed by atoms with Crippen molar-refractivity contribution in [3.05, 3.63) is 59.7 Å². The molecule has 2 amide bonds. The summed E-state index contributed by atoms with van der Waals surface area (Å²) in [5.41, 5.74) is 1.61. The number of imidazole rings is 1. The van der Waals surface area contributed by atoms with Gasteiger partial charge < -0.3 is 19.9 Å². The molecule has 29 heavy (non-hydrogen) atoms. The number of benzene rings is 1. The molecule has 2 aromatic rings. The SMILES string of the molecule is C=CCNC(=O)c1nc(C(=O)Nc2ccccc2C(=O)OCC)n2c1CCCC2. The van der Waals surface area contributed by atoms with Crippen molar-refractivity contribution in [2.45, 2.75) is 32.7 Å². The lowest BCUT2D eigenvalue weighted by Crippen LogP contribution is -2.25. The average molecular weight is 396 g/mol. The molecule has 0 unspecified atom stereocenters. The molecule has 0 fully saturated rings. The minimum absolute atomic E-state index is 0.155. The van der Waals surface area contributed by atoms with Crippen LogP contribution in [-0.4, -0.2) is 40.5 Å². The second-order valence-corrected chi connectivity index (χ2v) is 6.56. The van der Waals surface area contributed by atoms with Crippen LogP contribution >= 0.6 is 0 Å². The van der Waals surface area contributed by atoms with Crippen molar-refractivity contribution in [1.29, 1.82) is 0 Å². The maximum absolute atomic E-state index is 13.0. The Morgan fingerprint density at radius 1 is 1.24 bits per heavy atom. The largest absolute Gasteiger partial charge is 0.462 e. The number of nitrogens with one attached hydrogen (secondary N) is 2. The molecule has 0 atom stereocenters. The highest BCUT2D eigenvalue weighted by molar-refractivity contribution is 6.07. The van der Waals surface area contributed by atoms with Crippen LogP contribution in [-0.2, 0) is 17.7 Å². The number of aromatic nitrogens is 2. The van der Waals surface area contributed by atoms with Crippen molar-refractivity contribution in [3.63, 3.8) is 0 Å². The lowest BCUT2D eigenvalue weighted by atomic mass is 10.1. The van der Waals surface area contributed by atoms with Gasteiger partial charge in [-0.25, -0.2) is 9.78 Å². The van der Waals surface area contributed by atoms with Crippen LogP contribution in [0.2, 0.25) is 0 Å². The van der Waals surface area contributed by atoms with Crippen LogP contribution in [0.3, 0.4) is 0 Å². The molecule has 0 aliphatic carbocycles. The Balaban J connectivity index is 1.91. The Labute approximate surface area is 169 Å². The Kier molecular flexibility index (Phi) is 6.43. The molecule has 0 saturated carbocycles. The van der Waals surface area contributed by atoms with Crippen molar-refractivity contribution < 1.29 is 19.1 Å². The lowest BCUT2D eigenvalue weighted by Gasteiger charge is -2.17. The number of fused-ring (bicyclic) bond motifs is 1. The molecular formula is C21H24N4O4. The van der Waals surface area contributed by atoms with Crippen molar-refractivity contribution in [2.75, 3.05) is 18.5 Å². The molecule has 0 saturated heterocycles. The van der Waals surface area contributed by atoms with E-state index in [9.17, 15) is 14.4 Å². The third-order valence-electron chi connectivity index (χ3n) is 4.61. The number of nitrogens with zero attached hydrogens (tertiary/aromatic N) is 2. The second kappa shape index (κ2) is 9.18. The monoisotopic (exact) mass is 396 g/mol. The van der Waals surface area contributed by atoms with E-state index in [0.29, 0.717) is 25.2 Å². The second-order valence-electron chi connectivity index (χ2n) is 6.56. The van der Waals surface area contributed by atoms with Gasteiger partial charge in [-0.15, -0.1) is 6.58 Å². The van der Waals surface area contributed by atoms with Crippen LogP contribution < -0.4 is 10.6 Å². The molecule has 8 nitrogen and oxygen atoms in total. The number of ether oxygens (including phenoxy) is 1. The molecule has 2 N–H and O–H groups in total. The van der Waals surface area contributed by atoms with Gasteiger partial charge in [0.2, 0.25) is 0 Å². The summed E-state index contributed by atoms with van der Waals surface area (Å²) in [6, 6.07) is 6.62. The van der Waals surface area contributed by atoms with E-state index in [0.717, 1.165) is 18.5 Å². The molecular weight excluding hydrogens is 372 g/mol. The van der Waals surface area contributed by atoms with Gasteiger partial charge in [0.25, 0.3) is 11.8 Å². The van der Waals surface area contributed by atoms with E-state index < -0.39 is 11.9 Å². The van der Waals surface area contributed by atoms with Crippen LogP contribution in [0.4, 0.5) is 5.69 Å². The van der Waals surface area contributed by atoms with Gasteiger partial charge in [0.05, 0.1) is 23.6 Å². The summed E-state index contributed by atoms with van der Waals surface area (Å²) in [4.78, 5) is 41.9. The summed E-state index contributed by atoms with van der Waals surface area (Å²) in [5.74, 6) is -1.17. The quantitative estimate of drug-likeness (QED) is 0.553. The molecule has 2 heterocycles. The third kappa shape index (κ3) is 4.37. The molecule has 0 radical (unpaired) electrons.